The molecule has 1 atom stereocenters. The topological polar surface area (TPSA) is 81.9 Å². The van der Waals surface area contributed by atoms with Gasteiger partial charge in [-0.25, -0.2) is 0 Å². The second-order valence-electron chi connectivity index (χ2n) is 4.65. The van der Waals surface area contributed by atoms with E-state index >= 15 is 0 Å². The van der Waals surface area contributed by atoms with E-state index in [1.165, 1.54) is 7.11 Å². The predicted molar refractivity (Wildman–Crippen MR) is 72.0 cm³/mol. The Kier molecular flexibility index (Phi) is 4.70. The fraction of sp³-hybridized carbons (Fsp3) is 0.429. The number of carbonyl (C=O) groups is 2. The molecule has 0 spiro atoms. The molecule has 2 N–H and O–H groups in total. The van der Waals surface area contributed by atoms with Crippen molar-refractivity contribution in [1.82, 2.24) is 4.90 Å². The number of nitrogens with two attached hydrogens (primary N) is 1. The van der Waals surface area contributed by atoms with Crippen LogP contribution >= 0.6 is 0 Å². The molecule has 1 heterocycles. The Bertz CT molecular complexity index is 486. The molecule has 0 aromatic heterocycles. The third kappa shape index (κ3) is 3.34. The van der Waals surface area contributed by atoms with E-state index in [0.717, 1.165) is 5.56 Å². The number of carbonyl (C=O) groups excluding carboxylic acids is 2. The van der Waals surface area contributed by atoms with Gasteiger partial charge in [0.25, 0.3) is 0 Å². The number of benzene rings is 1. The molecule has 1 aliphatic heterocycles. The van der Waals surface area contributed by atoms with Gasteiger partial charge in [0.05, 0.1) is 20.3 Å². The maximum absolute atomic E-state index is 11.7. The number of methoxy groups -OCH3 is 1. The van der Waals surface area contributed by atoms with Gasteiger partial charge < -0.3 is 15.2 Å². The van der Waals surface area contributed by atoms with Gasteiger partial charge in [-0.1, -0.05) is 12.1 Å². The maximum atomic E-state index is 11.7. The lowest BCUT2D eigenvalue weighted by molar-refractivity contribution is -0.153. The molecule has 1 aliphatic rings. The van der Waals surface area contributed by atoms with Crippen molar-refractivity contribution < 1.29 is 19.1 Å². The minimum Gasteiger partial charge on any atom is -0.468 e. The lowest BCUT2D eigenvalue weighted by Gasteiger charge is -2.33. The number of esters is 1. The molecular formula is C14H18N2O4. The van der Waals surface area contributed by atoms with Crippen LogP contribution in [0.1, 0.15) is 15.9 Å². The van der Waals surface area contributed by atoms with Crippen molar-refractivity contribution in [2.24, 2.45) is 5.73 Å². The lowest BCUT2D eigenvalue weighted by Crippen LogP contribution is -2.49. The normalized spacial score (nSPS) is 19.6. The Balaban J connectivity index is 2.06. The number of nitrogens with zero attached hydrogens (tertiary/aromatic N) is 1. The molecule has 1 saturated heterocycles. The van der Waals surface area contributed by atoms with E-state index in [1.807, 2.05) is 17.0 Å². The summed E-state index contributed by atoms with van der Waals surface area (Å²) in [5.41, 5.74) is 6.68. The number of primary amides is 1. The van der Waals surface area contributed by atoms with Crippen LogP contribution in [-0.4, -0.2) is 49.7 Å². The Labute approximate surface area is 117 Å². The van der Waals surface area contributed by atoms with E-state index in [1.54, 1.807) is 12.1 Å². The van der Waals surface area contributed by atoms with E-state index in [0.29, 0.717) is 31.9 Å². The van der Waals surface area contributed by atoms with Gasteiger partial charge in [0.1, 0.15) is 6.04 Å². The van der Waals surface area contributed by atoms with Crippen LogP contribution in [0.2, 0.25) is 0 Å². The molecule has 1 aromatic rings. The molecule has 0 aliphatic carbocycles. The van der Waals surface area contributed by atoms with Crippen LogP contribution in [0.3, 0.4) is 0 Å². The van der Waals surface area contributed by atoms with Crippen LogP contribution < -0.4 is 5.73 Å². The zero-order chi connectivity index (χ0) is 14.5. The fourth-order valence-electron chi connectivity index (χ4n) is 2.19. The predicted octanol–water partition coefficient (Wildman–Crippen LogP) is 0.159. The van der Waals surface area contributed by atoms with Crippen molar-refractivity contribution in [3.05, 3.63) is 35.4 Å². The van der Waals surface area contributed by atoms with Crippen molar-refractivity contribution in [3.63, 3.8) is 0 Å². The summed E-state index contributed by atoms with van der Waals surface area (Å²) in [4.78, 5) is 24.7. The van der Waals surface area contributed by atoms with E-state index in [2.05, 4.69) is 0 Å². The molecule has 6 heteroatoms. The molecular weight excluding hydrogens is 260 g/mol. The summed E-state index contributed by atoms with van der Waals surface area (Å²) in [7, 11) is 1.37. The van der Waals surface area contributed by atoms with Crippen molar-refractivity contribution in [1.29, 1.82) is 0 Å². The van der Waals surface area contributed by atoms with E-state index < -0.39 is 5.91 Å². The van der Waals surface area contributed by atoms with Crippen molar-refractivity contribution in [2.45, 2.75) is 12.6 Å². The quantitative estimate of drug-likeness (QED) is 0.793. The Morgan fingerprint density at radius 1 is 1.40 bits per heavy atom. The number of morpholine rings is 1. The number of rotatable bonds is 4. The Morgan fingerprint density at radius 2 is 2.10 bits per heavy atom. The molecule has 1 amide bonds. The standard InChI is InChI=1S/C14H18N2O4/c1-19-14(18)12-9-20-7-6-16(12)8-10-2-4-11(5-3-10)13(15)17/h2-5,12H,6-9H2,1H3,(H2,15,17). The van der Waals surface area contributed by atoms with Crippen LogP contribution in [-0.2, 0) is 20.8 Å². The summed E-state index contributed by atoms with van der Waals surface area (Å²) in [5.74, 6) is -0.742. The molecule has 2 rings (SSSR count). The monoisotopic (exact) mass is 278 g/mol. The second kappa shape index (κ2) is 6.49. The molecule has 1 unspecified atom stereocenters. The van der Waals surface area contributed by atoms with Crippen LogP contribution in [0.25, 0.3) is 0 Å². The lowest BCUT2D eigenvalue weighted by atomic mass is 10.1. The average molecular weight is 278 g/mol. The summed E-state index contributed by atoms with van der Waals surface area (Å²) in [5, 5.41) is 0. The summed E-state index contributed by atoms with van der Waals surface area (Å²) < 4.78 is 10.1. The van der Waals surface area contributed by atoms with Crippen LogP contribution in [0.5, 0.6) is 0 Å². The van der Waals surface area contributed by atoms with E-state index in [4.69, 9.17) is 15.2 Å². The smallest absolute Gasteiger partial charge is 0.325 e. The van der Waals surface area contributed by atoms with Crippen LogP contribution in [0.4, 0.5) is 0 Å². The van der Waals surface area contributed by atoms with Gasteiger partial charge in [0.2, 0.25) is 5.91 Å². The highest BCUT2D eigenvalue weighted by Gasteiger charge is 2.30. The van der Waals surface area contributed by atoms with Gasteiger partial charge in [0.15, 0.2) is 0 Å². The first-order valence-electron chi connectivity index (χ1n) is 6.40. The van der Waals surface area contributed by atoms with Gasteiger partial charge in [0, 0.05) is 18.7 Å². The molecule has 0 radical (unpaired) electrons. The summed E-state index contributed by atoms with van der Waals surface area (Å²) in [6, 6.07) is 6.66. The molecule has 108 valence electrons. The maximum Gasteiger partial charge on any atom is 0.325 e. The molecule has 0 bridgehead atoms. The number of hydrogen-bond acceptors (Lipinski definition) is 5. The third-order valence-electron chi connectivity index (χ3n) is 3.34. The van der Waals surface area contributed by atoms with Crippen LogP contribution in [0.15, 0.2) is 24.3 Å². The SMILES string of the molecule is COC(=O)C1COCCN1Cc1ccc(C(N)=O)cc1. The number of amides is 1. The Hall–Kier alpha value is -1.92. The fourth-order valence-corrected chi connectivity index (χ4v) is 2.19. The Morgan fingerprint density at radius 3 is 2.70 bits per heavy atom. The molecule has 1 aromatic carbocycles. The van der Waals surface area contributed by atoms with Gasteiger partial charge in [-0.3, -0.25) is 14.5 Å². The van der Waals surface area contributed by atoms with Crippen molar-refractivity contribution in [3.8, 4) is 0 Å². The van der Waals surface area contributed by atoms with E-state index in [9.17, 15) is 9.59 Å². The highest BCUT2D eigenvalue weighted by atomic mass is 16.5. The minimum atomic E-state index is -0.449. The minimum absolute atomic E-state index is 0.293. The zero-order valence-corrected chi connectivity index (χ0v) is 11.4. The molecule has 1 fully saturated rings. The zero-order valence-electron chi connectivity index (χ0n) is 11.4. The first kappa shape index (κ1) is 14.5. The van der Waals surface area contributed by atoms with Gasteiger partial charge in [-0.15, -0.1) is 0 Å². The van der Waals surface area contributed by atoms with Gasteiger partial charge in [-0.2, -0.15) is 0 Å². The highest BCUT2D eigenvalue weighted by molar-refractivity contribution is 5.92. The number of ether oxygens (including phenoxy) is 2. The largest absolute Gasteiger partial charge is 0.468 e. The van der Waals surface area contributed by atoms with Crippen LogP contribution in [0, 0.1) is 0 Å². The van der Waals surface area contributed by atoms with Gasteiger partial charge in [-0.05, 0) is 17.7 Å². The third-order valence-corrected chi connectivity index (χ3v) is 3.34. The van der Waals surface area contributed by atoms with E-state index in [-0.39, 0.29) is 12.0 Å². The summed E-state index contributed by atoms with van der Waals surface area (Å²) in [6.07, 6.45) is 0. The van der Waals surface area contributed by atoms with Crippen molar-refractivity contribution >= 4 is 11.9 Å². The summed E-state index contributed by atoms with van der Waals surface area (Å²) in [6.45, 7) is 2.19. The first-order chi connectivity index (χ1) is 9.61. The summed E-state index contributed by atoms with van der Waals surface area (Å²) >= 11 is 0. The van der Waals surface area contributed by atoms with Gasteiger partial charge >= 0.3 is 5.97 Å². The second-order valence-corrected chi connectivity index (χ2v) is 4.65. The molecule has 6 nitrogen and oxygen atoms in total. The highest BCUT2D eigenvalue weighted by Crippen LogP contribution is 2.14. The first-order valence-corrected chi connectivity index (χ1v) is 6.40. The molecule has 0 saturated carbocycles. The molecule has 20 heavy (non-hydrogen) atoms. The number of hydrogen-bond donors (Lipinski definition) is 1. The average Bonchev–Trinajstić information content (AvgIpc) is 2.47. The van der Waals surface area contributed by atoms with Crippen molar-refractivity contribution in [2.75, 3.05) is 26.9 Å².